The second-order valence-electron chi connectivity index (χ2n) is 6.54. The maximum atomic E-state index is 11.9. The van der Waals surface area contributed by atoms with Crippen LogP contribution in [0.3, 0.4) is 0 Å². The quantitative estimate of drug-likeness (QED) is 0.666. The lowest BCUT2D eigenvalue weighted by molar-refractivity contribution is 0.0718. The molecule has 1 fully saturated rings. The van der Waals surface area contributed by atoms with Crippen LogP contribution in [0, 0.1) is 0 Å². The first kappa shape index (κ1) is 22.0. The molecule has 1 saturated carbocycles. The van der Waals surface area contributed by atoms with E-state index in [1.807, 2.05) is 13.0 Å². The molecule has 0 saturated heterocycles. The van der Waals surface area contributed by atoms with Crippen molar-refractivity contribution in [2.45, 2.75) is 52.2 Å². The van der Waals surface area contributed by atoms with Crippen molar-refractivity contribution in [2.24, 2.45) is 0 Å². The number of aromatic nitrogens is 2. The predicted molar refractivity (Wildman–Crippen MR) is 109 cm³/mol. The summed E-state index contributed by atoms with van der Waals surface area (Å²) in [6.45, 7) is 2.19. The van der Waals surface area contributed by atoms with Crippen molar-refractivity contribution in [3.8, 4) is 11.5 Å². The lowest BCUT2D eigenvalue weighted by Crippen LogP contribution is -2.41. The Hall–Kier alpha value is -2.28. The maximum absolute atomic E-state index is 11.9. The van der Waals surface area contributed by atoms with E-state index in [1.54, 1.807) is 25.1 Å². The summed E-state index contributed by atoms with van der Waals surface area (Å²) in [6.07, 6.45) is 4.61. The summed E-state index contributed by atoms with van der Waals surface area (Å²) in [5, 5.41) is 1.11. The molecule has 0 bridgehead atoms. The number of methoxy groups -OCH3 is 1. The van der Waals surface area contributed by atoms with Crippen LogP contribution in [0.4, 0.5) is 4.79 Å². The molecule has 0 radical (unpaired) electrons. The largest absolute Gasteiger partial charge is 0.493 e. The fraction of sp³-hybridized carbons (Fsp3) is 0.550. The van der Waals surface area contributed by atoms with Gasteiger partial charge >= 0.3 is 6.09 Å². The van der Waals surface area contributed by atoms with Crippen molar-refractivity contribution in [1.82, 2.24) is 14.9 Å². The van der Waals surface area contributed by atoms with Crippen molar-refractivity contribution in [2.75, 3.05) is 20.8 Å². The average molecular weight is 410 g/mol. The van der Waals surface area contributed by atoms with Gasteiger partial charge in [0.1, 0.15) is 11.5 Å². The molecule has 0 N–H and O–H groups in total. The molecule has 1 aliphatic rings. The zero-order valence-electron chi connectivity index (χ0n) is 15.8. The van der Waals surface area contributed by atoms with Gasteiger partial charge < -0.3 is 19.1 Å². The first-order chi connectivity index (χ1) is 13.0. The SMILES string of the molecule is C.CCOC(=O)N(C)C1CCC(Oc2cc3c(Cl)ncnc3cc2OC)CC1. The third-order valence-electron chi connectivity index (χ3n) is 4.91. The Bertz CT molecular complexity index is 809. The van der Waals surface area contributed by atoms with Gasteiger partial charge in [0.05, 0.1) is 25.3 Å². The molecule has 3 rings (SSSR count). The number of fused-ring (bicyclic) bond motifs is 1. The highest BCUT2D eigenvalue weighted by molar-refractivity contribution is 6.34. The number of ether oxygens (including phenoxy) is 3. The highest BCUT2D eigenvalue weighted by atomic mass is 35.5. The number of halogens is 1. The molecular weight excluding hydrogens is 382 g/mol. The summed E-state index contributed by atoms with van der Waals surface area (Å²) in [5.74, 6) is 1.24. The van der Waals surface area contributed by atoms with Crippen LogP contribution in [0.2, 0.25) is 5.15 Å². The fourth-order valence-electron chi connectivity index (χ4n) is 3.39. The number of carbonyl (C=O) groups excluding carboxylic acids is 1. The molecule has 2 aromatic rings. The molecule has 7 nitrogen and oxygen atoms in total. The molecule has 1 aromatic heterocycles. The third kappa shape index (κ3) is 4.76. The normalized spacial score (nSPS) is 18.9. The summed E-state index contributed by atoms with van der Waals surface area (Å²) in [6, 6.07) is 3.80. The second-order valence-corrected chi connectivity index (χ2v) is 6.90. The van der Waals surface area contributed by atoms with Crippen molar-refractivity contribution >= 4 is 28.6 Å². The summed E-state index contributed by atoms with van der Waals surface area (Å²) in [5.41, 5.74) is 0.707. The van der Waals surface area contributed by atoms with Gasteiger partial charge in [-0.25, -0.2) is 14.8 Å². The van der Waals surface area contributed by atoms with Gasteiger partial charge in [0.2, 0.25) is 0 Å². The number of hydrogen-bond acceptors (Lipinski definition) is 6. The van der Waals surface area contributed by atoms with Crippen molar-refractivity contribution in [3.05, 3.63) is 23.6 Å². The van der Waals surface area contributed by atoms with Crippen molar-refractivity contribution in [3.63, 3.8) is 0 Å². The van der Waals surface area contributed by atoms with Crippen molar-refractivity contribution < 1.29 is 19.0 Å². The molecule has 28 heavy (non-hydrogen) atoms. The Balaban J connectivity index is 0.00000280. The van der Waals surface area contributed by atoms with Gasteiger partial charge in [0, 0.05) is 24.5 Å². The fourth-order valence-corrected chi connectivity index (χ4v) is 3.58. The van der Waals surface area contributed by atoms with Crippen LogP contribution in [0.25, 0.3) is 10.9 Å². The Kier molecular flexibility index (Phi) is 7.69. The van der Waals surface area contributed by atoms with E-state index >= 15 is 0 Å². The molecule has 0 atom stereocenters. The van der Waals surface area contributed by atoms with Crippen LogP contribution in [-0.4, -0.2) is 53.9 Å². The molecule has 1 heterocycles. The molecule has 8 heteroatoms. The number of hydrogen-bond donors (Lipinski definition) is 0. The number of benzene rings is 1. The van der Waals surface area contributed by atoms with Crippen LogP contribution < -0.4 is 9.47 Å². The standard InChI is InChI=1S/C19H24ClN3O4.CH4/c1-4-26-19(24)23(2)12-5-7-13(8-6-12)27-17-9-14-15(10-16(17)25-3)21-11-22-18(14)20;/h9-13H,4-8H2,1-3H3;1H4. The number of amides is 1. The monoisotopic (exact) mass is 409 g/mol. The smallest absolute Gasteiger partial charge is 0.409 e. The van der Waals surface area contributed by atoms with Gasteiger partial charge in [0.15, 0.2) is 11.5 Å². The van der Waals surface area contributed by atoms with Crippen LogP contribution >= 0.6 is 11.6 Å². The second kappa shape index (κ2) is 9.78. The minimum absolute atomic E-state index is 0. The minimum Gasteiger partial charge on any atom is -0.493 e. The molecule has 1 aliphatic carbocycles. The Morgan fingerprint density at radius 2 is 1.93 bits per heavy atom. The first-order valence-electron chi connectivity index (χ1n) is 9.08. The maximum Gasteiger partial charge on any atom is 0.409 e. The molecule has 0 spiro atoms. The lowest BCUT2D eigenvalue weighted by Gasteiger charge is -2.34. The zero-order chi connectivity index (χ0) is 19.4. The van der Waals surface area contributed by atoms with Crippen LogP contribution in [-0.2, 0) is 4.74 Å². The van der Waals surface area contributed by atoms with E-state index in [0.717, 1.165) is 31.1 Å². The molecule has 0 unspecified atom stereocenters. The average Bonchev–Trinajstić information content (AvgIpc) is 2.68. The molecule has 1 aromatic carbocycles. The predicted octanol–water partition coefficient (Wildman–Crippen LogP) is 4.71. The van der Waals surface area contributed by atoms with E-state index in [-0.39, 0.29) is 25.7 Å². The molecular formula is C20H28ClN3O4. The van der Waals surface area contributed by atoms with E-state index in [1.165, 1.54) is 6.33 Å². The highest BCUT2D eigenvalue weighted by Crippen LogP contribution is 2.36. The van der Waals surface area contributed by atoms with E-state index in [4.69, 9.17) is 25.8 Å². The van der Waals surface area contributed by atoms with Crippen molar-refractivity contribution in [1.29, 1.82) is 0 Å². The van der Waals surface area contributed by atoms with Crippen LogP contribution in [0.5, 0.6) is 11.5 Å². The Morgan fingerprint density at radius 3 is 2.57 bits per heavy atom. The lowest BCUT2D eigenvalue weighted by atomic mass is 9.92. The number of carbonyl (C=O) groups is 1. The van der Waals surface area contributed by atoms with Gasteiger partial charge in [-0.1, -0.05) is 19.0 Å². The van der Waals surface area contributed by atoms with E-state index in [2.05, 4.69) is 9.97 Å². The van der Waals surface area contributed by atoms with E-state index in [9.17, 15) is 4.79 Å². The topological polar surface area (TPSA) is 73.8 Å². The summed E-state index contributed by atoms with van der Waals surface area (Å²) < 4.78 is 16.7. The number of rotatable bonds is 5. The van der Waals surface area contributed by atoms with E-state index in [0.29, 0.717) is 28.8 Å². The van der Waals surface area contributed by atoms with Gasteiger partial charge in [-0.05, 0) is 38.7 Å². The minimum atomic E-state index is -0.271. The van der Waals surface area contributed by atoms with Gasteiger partial charge in [-0.2, -0.15) is 0 Å². The highest BCUT2D eigenvalue weighted by Gasteiger charge is 2.28. The molecule has 1 amide bonds. The molecule has 154 valence electrons. The van der Waals surface area contributed by atoms with Gasteiger partial charge in [-0.15, -0.1) is 0 Å². The van der Waals surface area contributed by atoms with Gasteiger partial charge in [0.25, 0.3) is 0 Å². The number of nitrogens with zero attached hydrogens (tertiary/aromatic N) is 3. The molecule has 0 aliphatic heterocycles. The third-order valence-corrected chi connectivity index (χ3v) is 5.21. The Morgan fingerprint density at radius 1 is 1.21 bits per heavy atom. The van der Waals surface area contributed by atoms with E-state index < -0.39 is 0 Å². The van der Waals surface area contributed by atoms with Gasteiger partial charge in [-0.3, -0.25) is 0 Å². The Labute approximate surface area is 170 Å². The summed E-state index contributed by atoms with van der Waals surface area (Å²) in [7, 11) is 3.39. The van der Waals surface area contributed by atoms with Crippen LogP contribution in [0.15, 0.2) is 18.5 Å². The first-order valence-corrected chi connectivity index (χ1v) is 9.45. The zero-order valence-corrected chi connectivity index (χ0v) is 16.5. The summed E-state index contributed by atoms with van der Waals surface area (Å²) in [4.78, 5) is 21.8. The van der Waals surface area contributed by atoms with Crippen LogP contribution in [0.1, 0.15) is 40.0 Å². The summed E-state index contributed by atoms with van der Waals surface area (Å²) >= 11 is 6.18.